The fraction of sp³-hybridized carbons (Fsp3) is 0.200. The highest BCUT2D eigenvalue weighted by atomic mass is 19.2. The minimum absolute atomic E-state index is 0.326. The molecule has 0 saturated carbocycles. The highest BCUT2D eigenvalue weighted by Crippen LogP contribution is 2.30. The Morgan fingerprint density at radius 1 is 0.944 bits per heavy atom. The largest absolute Gasteiger partial charge is 0.381 e. The van der Waals surface area contributed by atoms with Crippen LogP contribution in [-0.4, -0.2) is 5.11 Å². The maximum Gasteiger partial charge on any atom is 0.159 e. The summed E-state index contributed by atoms with van der Waals surface area (Å²) in [6.07, 6.45) is 0. The third-order valence-electron chi connectivity index (χ3n) is 3.06. The molecule has 0 aromatic heterocycles. The summed E-state index contributed by atoms with van der Waals surface area (Å²) in [5.74, 6) is -1.88. The van der Waals surface area contributed by atoms with Crippen molar-refractivity contribution in [2.75, 3.05) is 0 Å². The molecule has 0 saturated heterocycles. The van der Waals surface area contributed by atoms with Crippen LogP contribution in [0.4, 0.5) is 8.78 Å². The normalized spacial score (nSPS) is 14.3. The summed E-state index contributed by atoms with van der Waals surface area (Å²) in [5.41, 5.74) is 0.622. The Morgan fingerprint density at radius 3 is 2.22 bits per heavy atom. The monoisotopic (exact) mass is 248 g/mol. The molecule has 94 valence electrons. The van der Waals surface area contributed by atoms with E-state index in [2.05, 4.69) is 0 Å². The number of halogens is 2. The molecule has 2 aromatic rings. The van der Waals surface area contributed by atoms with Crippen molar-refractivity contribution in [2.24, 2.45) is 0 Å². The van der Waals surface area contributed by atoms with Gasteiger partial charge in [0, 0.05) is 0 Å². The van der Waals surface area contributed by atoms with Crippen LogP contribution in [0.25, 0.3) is 0 Å². The number of rotatable bonds is 2. The van der Waals surface area contributed by atoms with Crippen LogP contribution >= 0.6 is 0 Å². The topological polar surface area (TPSA) is 20.2 Å². The molecule has 2 rings (SSSR count). The molecule has 18 heavy (non-hydrogen) atoms. The summed E-state index contributed by atoms with van der Waals surface area (Å²) < 4.78 is 26.1. The van der Waals surface area contributed by atoms with E-state index in [0.29, 0.717) is 11.1 Å². The Labute approximate surface area is 105 Å². The summed E-state index contributed by atoms with van der Waals surface area (Å²) in [7, 11) is 0. The minimum Gasteiger partial charge on any atom is -0.381 e. The van der Waals surface area contributed by atoms with Crippen molar-refractivity contribution in [1.82, 2.24) is 0 Å². The van der Waals surface area contributed by atoms with Gasteiger partial charge in [-0.2, -0.15) is 0 Å². The van der Waals surface area contributed by atoms with Crippen molar-refractivity contribution in [3.8, 4) is 0 Å². The standard InChI is InChI=1S/C15H14F2O/c1-10-4-3-5-11(8-10)15(2,18)12-6-7-13(16)14(17)9-12/h3-9,18H,1-2H3. The number of aliphatic hydroxyl groups is 1. The lowest BCUT2D eigenvalue weighted by Crippen LogP contribution is -2.23. The quantitative estimate of drug-likeness (QED) is 0.862. The van der Waals surface area contributed by atoms with Gasteiger partial charge in [-0.05, 0) is 37.1 Å². The first-order valence-corrected chi connectivity index (χ1v) is 5.66. The Kier molecular flexibility index (Phi) is 3.18. The molecule has 3 heteroatoms. The van der Waals surface area contributed by atoms with Crippen LogP contribution in [0.5, 0.6) is 0 Å². The molecule has 0 fully saturated rings. The Morgan fingerprint density at radius 2 is 1.61 bits per heavy atom. The summed E-state index contributed by atoms with van der Waals surface area (Å²) in [6.45, 7) is 3.47. The van der Waals surface area contributed by atoms with Gasteiger partial charge in [-0.15, -0.1) is 0 Å². The zero-order chi connectivity index (χ0) is 13.3. The molecule has 1 nitrogen and oxygen atoms in total. The molecule has 0 aliphatic heterocycles. The van der Waals surface area contributed by atoms with Crippen LogP contribution < -0.4 is 0 Å². The van der Waals surface area contributed by atoms with Crippen molar-refractivity contribution in [3.63, 3.8) is 0 Å². The first-order valence-electron chi connectivity index (χ1n) is 5.66. The van der Waals surface area contributed by atoms with Gasteiger partial charge in [0.2, 0.25) is 0 Å². The lowest BCUT2D eigenvalue weighted by molar-refractivity contribution is 0.102. The summed E-state index contributed by atoms with van der Waals surface area (Å²) in [6, 6.07) is 10.7. The zero-order valence-corrected chi connectivity index (χ0v) is 10.2. The molecule has 0 spiro atoms. The highest BCUT2D eigenvalue weighted by molar-refractivity contribution is 5.37. The van der Waals surface area contributed by atoms with Gasteiger partial charge in [-0.3, -0.25) is 0 Å². The maximum absolute atomic E-state index is 13.2. The SMILES string of the molecule is Cc1cccc(C(C)(O)c2ccc(F)c(F)c2)c1. The van der Waals surface area contributed by atoms with Gasteiger partial charge in [0.25, 0.3) is 0 Å². The van der Waals surface area contributed by atoms with Gasteiger partial charge in [0.05, 0.1) is 0 Å². The van der Waals surface area contributed by atoms with E-state index in [1.54, 1.807) is 13.0 Å². The number of aryl methyl sites for hydroxylation is 1. The second-order valence-electron chi connectivity index (χ2n) is 4.57. The average Bonchev–Trinajstić information content (AvgIpc) is 2.32. The fourth-order valence-electron chi connectivity index (χ4n) is 1.91. The number of benzene rings is 2. The van der Waals surface area contributed by atoms with E-state index >= 15 is 0 Å². The molecule has 1 N–H and O–H groups in total. The van der Waals surface area contributed by atoms with E-state index in [1.165, 1.54) is 6.07 Å². The Bertz CT molecular complexity index is 576. The minimum atomic E-state index is -1.35. The van der Waals surface area contributed by atoms with Crippen molar-refractivity contribution in [3.05, 3.63) is 70.8 Å². The molecule has 0 amide bonds. The first-order chi connectivity index (χ1) is 8.41. The third-order valence-corrected chi connectivity index (χ3v) is 3.06. The first kappa shape index (κ1) is 12.7. The molecule has 0 aliphatic carbocycles. The number of hydrogen-bond donors (Lipinski definition) is 1. The van der Waals surface area contributed by atoms with Gasteiger partial charge in [0.15, 0.2) is 11.6 Å². The van der Waals surface area contributed by atoms with E-state index in [9.17, 15) is 13.9 Å². The van der Waals surface area contributed by atoms with E-state index in [4.69, 9.17) is 0 Å². The summed E-state index contributed by atoms with van der Waals surface area (Å²) in [5, 5.41) is 10.5. The van der Waals surface area contributed by atoms with Crippen LogP contribution in [0, 0.1) is 18.6 Å². The molecule has 2 aromatic carbocycles. The smallest absolute Gasteiger partial charge is 0.159 e. The second kappa shape index (κ2) is 4.50. The highest BCUT2D eigenvalue weighted by Gasteiger charge is 2.26. The molecule has 0 aliphatic rings. The van der Waals surface area contributed by atoms with Crippen LogP contribution in [0.3, 0.4) is 0 Å². The molecule has 1 atom stereocenters. The lowest BCUT2D eigenvalue weighted by Gasteiger charge is -2.25. The predicted molar refractivity (Wildman–Crippen MR) is 66.2 cm³/mol. The van der Waals surface area contributed by atoms with Crippen molar-refractivity contribution in [2.45, 2.75) is 19.4 Å². The maximum atomic E-state index is 13.2. The van der Waals surface area contributed by atoms with Crippen LogP contribution in [0.2, 0.25) is 0 Å². The molecule has 0 heterocycles. The van der Waals surface area contributed by atoms with E-state index in [-0.39, 0.29) is 0 Å². The number of hydrogen-bond acceptors (Lipinski definition) is 1. The lowest BCUT2D eigenvalue weighted by atomic mass is 9.87. The van der Waals surface area contributed by atoms with Crippen molar-refractivity contribution < 1.29 is 13.9 Å². The van der Waals surface area contributed by atoms with Gasteiger partial charge in [-0.1, -0.05) is 35.9 Å². The second-order valence-corrected chi connectivity index (χ2v) is 4.57. The molecule has 0 bridgehead atoms. The van der Waals surface area contributed by atoms with Crippen LogP contribution in [0.15, 0.2) is 42.5 Å². The molecular formula is C15H14F2O. The van der Waals surface area contributed by atoms with Crippen molar-refractivity contribution >= 4 is 0 Å². The molecule has 1 unspecified atom stereocenters. The Hall–Kier alpha value is -1.74. The third kappa shape index (κ3) is 2.27. The van der Waals surface area contributed by atoms with Gasteiger partial charge < -0.3 is 5.11 Å². The van der Waals surface area contributed by atoms with Crippen LogP contribution in [0.1, 0.15) is 23.6 Å². The van der Waals surface area contributed by atoms with Gasteiger partial charge >= 0.3 is 0 Å². The molecule has 0 radical (unpaired) electrons. The van der Waals surface area contributed by atoms with E-state index < -0.39 is 17.2 Å². The van der Waals surface area contributed by atoms with Gasteiger partial charge in [0.1, 0.15) is 5.60 Å². The van der Waals surface area contributed by atoms with Crippen molar-refractivity contribution in [1.29, 1.82) is 0 Å². The molecular weight excluding hydrogens is 234 g/mol. The Balaban J connectivity index is 2.50. The average molecular weight is 248 g/mol. The van der Waals surface area contributed by atoms with E-state index in [0.717, 1.165) is 17.7 Å². The van der Waals surface area contributed by atoms with Crippen LogP contribution in [-0.2, 0) is 5.60 Å². The van der Waals surface area contributed by atoms with Gasteiger partial charge in [-0.25, -0.2) is 8.78 Å². The fourth-order valence-corrected chi connectivity index (χ4v) is 1.91. The zero-order valence-electron chi connectivity index (χ0n) is 10.2. The van der Waals surface area contributed by atoms with E-state index in [1.807, 2.05) is 25.1 Å². The summed E-state index contributed by atoms with van der Waals surface area (Å²) in [4.78, 5) is 0. The predicted octanol–water partition coefficient (Wildman–Crippen LogP) is 3.53. The summed E-state index contributed by atoms with van der Waals surface area (Å²) >= 11 is 0.